The lowest BCUT2D eigenvalue weighted by Gasteiger charge is -2.08. The van der Waals surface area contributed by atoms with E-state index in [9.17, 15) is 0 Å². The smallest absolute Gasteiger partial charge is 0.166 e. The zero-order chi connectivity index (χ0) is 10.7. The van der Waals surface area contributed by atoms with Crippen molar-refractivity contribution in [3.05, 3.63) is 18.0 Å². The molecule has 0 radical (unpaired) electrons. The first kappa shape index (κ1) is 10.4. The number of nitrogens with zero attached hydrogens (tertiary/aromatic N) is 2. The Kier molecular flexibility index (Phi) is 3.20. The van der Waals surface area contributed by atoms with Crippen molar-refractivity contribution in [3.63, 3.8) is 0 Å². The SMILES string of the molecule is Cn1ccc(CCNC(=S)NC2CC2)n1. The monoisotopic (exact) mass is 224 g/mol. The number of aryl methyl sites for hydroxylation is 1. The average molecular weight is 224 g/mol. The summed E-state index contributed by atoms with van der Waals surface area (Å²) in [7, 11) is 1.93. The van der Waals surface area contributed by atoms with Gasteiger partial charge in [-0.1, -0.05) is 0 Å². The van der Waals surface area contributed by atoms with Gasteiger partial charge in [-0.15, -0.1) is 0 Å². The Balaban J connectivity index is 1.63. The Labute approximate surface area is 95.0 Å². The predicted molar refractivity (Wildman–Crippen MR) is 63.7 cm³/mol. The maximum Gasteiger partial charge on any atom is 0.166 e. The van der Waals surface area contributed by atoms with Crippen LogP contribution >= 0.6 is 12.2 Å². The fourth-order valence-electron chi connectivity index (χ4n) is 1.36. The minimum atomic E-state index is 0.625. The van der Waals surface area contributed by atoms with Gasteiger partial charge in [0.05, 0.1) is 5.69 Å². The number of rotatable bonds is 4. The standard InChI is InChI=1S/C10H16N4S/c1-14-7-5-9(13-14)4-6-11-10(15)12-8-2-3-8/h5,7-8H,2-4,6H2,1H3,(H2,11,12,15). The molecule has 1 aromatic rings. The fourth-order valence-corrected chi connectivity index (χ4v) is 1.63. The van der Waals surface area contributed by atoms with Crippen molar-refractivity contribution in [2.75, 3.05) is 6.54 Å². The minimum absolute atomic E-state index is 0.625. The normalized spacial score (nSPS) is 15.0. The highest BCUT2D eigenvalue weighted by Gasteiger charge is 2.21. The summed E-state index contributed by atoms with van der Waals surface area (Å²) < 4.78 is 1.82. The van der Waals surface area contributed by atoms with E-state index in [0.717, 1.165) is 23.8 Å². The number of nitrogens with one attached hydrogen (secondary N) is 2. The lowest BCUT2D eigenvalue weighted by atomic mass is 10.3. The van der Waals surface area contributed by atoms with Gasteiger partial charge in [-0.3, -0.25) is 4.68 Å². The van der Waals surface area contributed by atoms with E-state index in [2.05, 4.69) is 15.7 Å². The molecular weight excluding hydrogens is 208 g/mol. The lowest BCUT2D eigenvalue weighted by Crippen LogP contribution is -2.37. The zero-order valence-corrected chi connectivity index (χ0v) is 9.68. The van der Waals surface area contributed by atoms with E-state index in [1.54, 1.807) is 0 Å². The molecule has 0 spiro atoms. The Bertz CT molecular complexity index is 343. The second-order valence-electron chi connectivity index (χ2n) is 3.91. The molecule has 1 heterocycles. The van der Waals surface area contributed by atoms with Gasteiger partial charge in [0.2, 0.25) is 0 Å². The zero-order valence-electron chi connectivity index (χ0n) is 8.86. The van der Waals surface area contributed by atoms with Gasteiger partial charge in [-0.25, -0.2) is 0 Å². The van der Waals surface area contributed by atoms with Gasteiger partial charge in [0, 0.05) is 32.3 Å². The highest BCUT2D eigenvalue weighted by atomic mass is 32.1. The van der Waals surface area contributed by atoms with E-state index in [0.29, 0.717) is 6.04 Å². The van der Waals surface area contributed by atoms with Crippen molar-refractivity contribution >= 4 is 17.3 Å². The van der Waals surface area contributed by atoms with Crippen LogP contribution < -0.4 is 10.6 Å². The molecule has 0 atom stereocenters. The number of aromatic nitrogens is 2. The maximum absolute atomic E-state index is 5.14. The topological polar surface area (TPSA) is 41.9 Å². The molecule has 1 fully saturated rings. The van der Waals surface area contributed by atoms with E-state index < -0.39 is 0 Å². The van der Waals surface area contributed by atoms with E-state index in [1.165, 1.54) is 12.8 Å². The van der Waals surface area contributed by atoms with Gasteiger partial charge in [0.25, 0.3) is 0 Å². The Hall–Kier alpha value is -1.10. The maximum atomic E-state index is 5.14. The van der Waals surface area contributed by atoms with Gasteiger partial charge in [0.1, 0.15) is 0 Å². The minimum Gasteiger partial charge on any atom is -0.362 e. The summed E-state index contributed by atoms with van der Waals surface area (Å²) in [5.74, 6) is 0. The molecule has 0 amide bonds. The molecule has 4 nitrogen and oxygen atoms in total. The summed E-state index contributed by atoms with van der Waals surface area (Å²) in [5.41, 5.74) is 1.10. The highest BCUT2D eigenvalue weighted by molar-refractivity contribution is 7.80. The summed E-state index contributed by atoms with van der Waals surface area (Å²) in [6, 6.07) is 2.65. The molecule has 1 saturated carbocycles. The van der Waals surface area contributed by atoms with Crippen molar-refractivity contribution in [1.29, 1.82) is 0 Å². The molecule has 1 aliphatic rings. The van der Waals surface area contributed by atoms with Crippen molar-refractivity contribution in [3.8, 4) is 0 Å². The molecule has 1 aliphatic carbocycles. The van der Waals surface area contributed by atoms with Gasteiger partial charge in [0.15, 0.2) is 5.11 Å². The largest absolute Gasteiger partial charge is 0.362 e. The van der Waals surface area contributed by atoms with Crippen LogP contribution in [-0.2, 0) is 13.5 Å². The average Bonchev–Trinajstić information content (AvgIpc) is 2.89. The van der Waals surface area contributed by atoms with E-state index in [-0.39, 0.29) is 0 Å². The van der Waals surface area contributed by atoms with Crippen molar-refractivity contribution in [2.24, 2.45) is 7.05 Å². The molecule has 0 unspecified atom stereocenters. The molecule has 2 N–H and O–H groups in total. The third-order valence-electron chi connectivity index (χ3n) is 2.35. The fraction of sp³-hybridized carbons (Fsp3) is 0.600. The summed E-state index contributed by atoms with van der Waals surface area (Å²) in [5, 5.41) is 11.5. The predicted octanol–water partition coefficient (Wildman–Crippen LogP) is 0.589. The van der Waals surface area contributed by atoms with Crippen LogP contribution in [0.5, 0.6) is 0 Å². The second kappa shape index (κ2) is 4.61. The van der Waals surface area contributed by atoms with Gasteiger partial charge in [-0.2, -0.15) is 5.10 Å². The van der Waals surface area contributed by atoms with E-state index >= 15 is 0 Å². The van der Waals surface area contributed by atoms with Crippen LogP contribution in [0.25, 0.3) is 0 Å². The first-order valence-corrected chi connectivity index (χ1v) is 5.68. The van der Waals surface area contributed by atoms with Crippen LogP contribution in [0.15, 0.2) is 12.3 Å². The van der Waals surface area contributed by atoms with Gasteiger partial charge < -0.3 is 10.6 Å². The number of thiocarbonyl (C=S) groups is 1. The summed E-state index contributed by atoms with van der Waals surface area (Å²) in [4.78, 5) is 0. The molecule has 82 valence electrons. The van der Waals surface area contributed by atoms with Crippen LogP contribution in [0, 0.1) is 0 Å². The Morgan fingerprint density at radius 3 is 3.07 bits per heavy atom. The third-order valence-corrected chi connectivity index (χ3v) is 2.61. The van der Waals surface area contributed by atoms with Crippen LogP contribution in [-0.4, -0.2) is 27.5 Å². The van der Waals surface area contributed by atoms with Crippen molar-refractivity contribution in [1.82, 2.24) is 20.4 Å². The summed E-state index contributed by atoms with van der Waals surface area (Å²) >= 11 is 5.14. The lowest BCUT2D eigenvalue weighted by molar-refractivity contribution is 0.727. The van der Waals surface area contributed by atoms with Crippen LogP contribution in [0.2, 0.25) is 0 Å². The molecule has 0 aliphatic heterocycles. The molecule has 2 rings (SSSR count). The van der Waals surface area contributed by atoms with Crippen molar-refractivity contribution in [2.45, 2.75) is 25.3 Å². The molecule has 0 saturated heterocycles. The van der Waals surface area contributed by atoms with Crippen molar-refractivity contribution < 1.29 is 0 Å². The molecule has 0 bridgehead atoms. The quantitative estimate of drug-likeness (QED) is 0.735. The van der Waals surface area contributed by atoms with Crippen LogP contribution in [0.1, 0.15) is 18.5 Å². The van der Waals surface area contributed by atoms with Crippen LogP contribution in [0.4, 0.5) is 0 Å². The number of hydrogen-bond acceptors (Lipinski definition) is 2. The first-order chi connectivity index (χ1) is 7.24. The van der Waals surface area contributed by atoms with Crippen LogP contribution in [0.3, 0.4) is 0 Å². The second-order valence-corrected chi connectivity index (χ2v) is 4.31. The molecule has 15 heavy (non-hydrogen) atoms. The van der Waals surface area contributed by atoms with Gasteiger partial charge in [-0.05, 0) is 31.1 Å². The Morgan fingerprint density at radius 2 is 2.47 bits per heavy atom. The number of hydrogen-bond donors (Lipinski definition) is 2. The van der Waals surface area contributed by atoms with Gasteiger partial charge >= 0.3 is 0 Å². The van der Waals surface area contributed by atoms with E-state index in [1.807, 2.05) is 24.0 Å². The summed E-state index contributed by atoms with van der Waals surface area (Å²) in [6.45, 7) is 0.843. The molecule has 0 aromatic carbocycles. The Morgan fingerprint density at radius 1 is 1.67 bits per heavy atom. The molecule has 1 aromatic heterocycles. The first-order valence-electron chi connectivity index (χ1n) is 5.27. The highest BCUT2D eigenvalue weighted by Crippen LogP contribution is 2.18. The molecular formula is C10H16N4S. The summed E-state index contributed by atoms with van der Waals surface area (Å²) in [6.07, 6.45) is 5.37. The molecule has 5 heteroatoms. The van der Waals surface area contributed by atoms with E-state index in [4.69, 9.17) is 12.2 Å². The third kappa shape index (κ3) is 3.51.